The lowest BCUT2D eigenvalue weighted by atomic mass is 10.1. The van der Waals surface area contributed by atoms with Gasteiger partial charge in [0.15, 0.2) is 0 Å². The molecule has 0 saturated carbocycles. The number of nitrogens with one attached hydrogen (secondary N) is 1. The fourth-order valence-electron chi connectivity index (χ4n) is 2.58. The number of nitrogens with zero attached hydrogens (tertiary/aromatic N) is 1. The third kappa shape index (κ3) is 5.09. The average molecular weight is 318 g/mol. The van der Waals surface area contributed by atoms with Crippen LogP contribution in [-0.2, 0) is 20.8 Å². The Morgan fingerprint density at radius 2 is 1.96 bits per heavy atom. The Balaban J connectivity index is 1.69. The second-order valence-electron chi connectivity index (χ2n) is 5.93. The zero-order valence-electron chi connectivity index (χ0n) is 13.2. The van der Waals surface area contributed by atoms with Crippen LogP contribution in [0.25, 0.3) is 0 Å². The first-order chi connectivity index (χ1) is 11.0. The van der Waals surface area contributed by atoms with Crippen molar-refractivity contribution in [1.82, 2.24) is 10.2 Å². The number of benzene rings is 1. The lowest BCUT2D eigenvalue weighted by molar-refractivity contribution is -0.141. The first-order valence-corrected chi connectivity index (χ1v) is 7.78. The Kier molecular flexibility index (Phi) is 5.73. The summed E-state index contributed by atoms with van der Waals surface area (Å²) >= 11 is 0. The molecule has 1 saturated heterocycles. The van der Waals surface area contributed by atoms with E-state index in [9.17, 15) is 14.4 Å². The summed E-state index contributed by atoms with van der Waals surface area (Å²) in [6, 6.07) is 7.99. The number of carbonyl (C=O) groups is 3. The summed E-state index contributed by atoms with van der Waals surface area (Å²) in [5.41, 5.74) is 2.26. The van der Waals surface area contributed by atoms with Crippen molar-refractivity contribution in [2.24, 2.45) is 5.92 Å². The van der Waals surface area contributed by atoms with E-state index in [1.54, 1.807) is 0 Å². The Bertz CT molecular complexity index is 583. The Hall–Kier alpha value is -2.37. The molecule has 1 aliphatic rings. The van der Waals surface area contributed by atoms with E-state index < -0.39 is 11.9 Å². The molecule has 0 aromatic heterocycles. The minimum Gasteiger partial charge on any atom is -0.481 e. The third-order valence-corrected chi connectivity index (χ3v) is 4.09. The monoisotopic (exact) mass is 318 g/mol. The smallest absolute Gasteiger partial charge is 0.308 e. The maximum Gasteiger partial charge on any atom is 0.308 e. The van der Waals surface area contributed by atoms with E-state index in [-0.39, 0.29) is 24.9 Å². The van der Waals surface area contributed by atoms with E-state index >= 15 is 0 Å². The van der Waals surface area contributed by atoms with Crippen LogP contribution >= 0.6 is 0 Å². The summed E-state index contributed by atoms with van der Waals surface area (Å²) in [4.78, 5) is 36.1. The number of aryl methyl sites for hydroxylation is 2. The fourth-order valence-corrected chi connectivity index (χ4v) is 2.58. The summed E-state index contributed by atoms with van der Waals surface area (Å²) in [6.07, 6.45) is 1.43. The van der Waals surface area contributed by atoms with Crippen LogP contribution in [0.3, 0.4) is 0 Å². The number of amides is 2. The number of rotatable bonds is 6. The van der Waals surface area contributed by atoms with Gasteiger partial charge in [-0.25, -0.2) is 0 Å². The molecule has 0 spiro atoms. The summed E-state index contributed by atoms with van der Waals surface area (Å²) in [5, 5.41) is 11.5. The highest BCUT2D eigenvalue weighted by Crippen LogP contribution is 2.16. The van der Waals surface area contributed by atoms with Gasteiger partial charge >= 0.3 is 5.97 Å². The molecule has 6 nitrogen and oxygen atoms in total. The maximum atomic E-state index is 11.9. The van der Waals surface area contributed by atoms with Crippen molar-refractivity contribution in [2.45, 2.75) is 26.2 Å². The molecule has 2 rings (SSSR count). The molecule has 1 aromatic rings. The number of hydrogen-bond donors (Lipinski definition) is 2. The largest absolute Gasteiger partial charge is 0.481 e. The molecule has 1 aromatic carbocycles. The number of likely N-dealkylation sites (tertiary alicyclic amines) is 1. The van der Waals surface area contributed by atoms with Crippen molar-refractivity contribution in [2.75, 3.05) is 19.6 Å². The van der Waals surface area contributed by atoms with Gasteiger partial charge in [0.1, 0.15) is 0 Å². The number of carbonyl (C=O) groups excluding carboxylic acids is 2. The number of aliphatic carboxylic acids is 1. The van der Waals surface area contributed by atoms with Gasteiger partial charge < -0.3 is 15.3 Å². The van der Waals surface area contributed by atoms with Crippen LogP contribution in [0.1, 0.15) is 24.0 Å². The number of hydrogen-bond acceptors (Lipinski definition) is 3. The topological polar surface area (TPSA) is 86.7 Å². The first kappa shape index (κ1) is 17.0. The predicted molar refractivity (Wildman–Crippen MR) is 84.8 cm³/mol. The number of carboxylic acids is 1. The van der Waals surface area contributed by atoms with Gasteiger partial charge in [0.05, 0.1) is 12.5 Å². The minimum absolute atomic E-state index is 0.0704. The van der Waals surface area contributed by atoms with Gasteiger partial charge in [-0.05, 0) is 25.3 Å². The predicted octanol–water partition coefficient (Wildman–Crippen LogP) is 0.977. The zero-order chi connectivity index (χ0) is 16.8. The highest BCUT2D eigenvalue weighted by atomic mass is 16.4. The van der Waals surface area contributed by atoms with Crippen LogP contribution in [0.15, 0.2) is 24.3 Å². The highest BCUT2D eigenvalue weighted by molar-refractivity contribution is 5.85. The molecule has 2 N–H and O–H groups in total. The van der Waals surface area contributed by atoms with E-state index in [1.165, 1.54) is 10.5 Å². The van der Waals surface area contributed by atoms with Crippen molar-refractivity contribution < 1.29 is 19.5 Å². The maximum absolute atomic E-state index is 11.9. The molecule has 1 unspecified atom stereocenters. The lowest BCUT2D eigenvalue weighted by Gasteiger charge is -2.16. The van der Waals surface area contributed by atoms with Crippen molar-refractivity contribution in [3.05, 3.63) is 35.4 Å². The Morgan fingerprint density at radius 1 is 1.26 bits per heavy atom. The van der Waals surface area contributed by atoms with Crippen molar-refractivity contribution in [3.8, 4) is 0 Å². The van der Waals surface area contributed by atoms with Crippen LogP contribution in [0.5, 0.6) is 0 Å². The molecule has 1 heterocycles. The quantitative estimate of drug-likeness (QED) is 0.818. The molecular weight excluding hydrogens is 296 g/mol. The van der Waals surface area contributed by atoms with Gasteiger partial charge in [-0.15, -0.1) is 0 Å². The summed E-state index contributed by atoms with van der Waals surface area (Å²) in [5.74, 6) is -1.76. The summed E-state index contributed by atoms with van der Waals surface area (Å²) < 4.78 is 0. The van der Waals surface area contributed by atoms with Crippen LogP contribution < -0.4 is 5.32 Å². The minimum atomic E-state index is -0.873. The van der Waals surface area contributed by atoms with Gasteiger partial charge in [0.25, 0.3) is 0 Å². The molecule has 23 heavy (non-hydrogen) atoms. The van der Waals surface area contributed by atoms with Gasteiger partial charge in [-0.1, -0.05) is 29.8 Å². The SMILES string of the molecule is Cc1ccc(CCC(=O)NCC(=O)N2CCC(C(=O)O)C2)cc1. The molecule has 1 aliphatic heterocycles. The molecule has 0 radical (unpaired) electrons. The summed E-state index contributed by atoms with van der Waals surface area (Å²) in [6.45, 7) is 2.61. The van der Waals surface area contributed by atoms with E-state index in [4.69, 9.17) is 5.11 Å². The lowest BCUT2D eigenvalue weighted by Crippen LogP contribution is -2.39. The van der Waals surface area contributed by atoms with Crippen LogP contribution in [0.2, 0.25) is 0 Å². The molecule has 1 fully saturated rings. The second kappa shape index (κ2) is 7.76. The third-order valence-electron chi connectivity index (χ3n) is 4.09. The van der Waals surface area contributed by atoms with Crippen molar-refractivity contribution in [3.63, 3.8) is 0 Å². The standard InChI is InChI=1S/C17H22N2O4/c1-12-2-4-13(5-3-12)6-7-15(20)18-10-16(21)19-9-8-14(11-19)17(22)23/h2-5,14H,6-11H2,1H3,(H,18,20)(H,22,23). The van der Waals surface area contributed by atoms with Gasteiger partial charge in [0.2, 0.25) is 11.8 Å². The molecule has 6 heteroatoms. The first-order valence-electron chi connectivity index (χ1n) is 7.78. The Morgan fingerprint density at radius 3 is 2.57 bits per heavy atom. The Labute approximate surface area is 135 Å². The zero-order valence-corrected chi connectivity index (χ0v) is 13.2. The van der Waals surface area contributed by atoms with Gasteiger partial charge in [-0.3, -0.25) is 14.4 Å². The average Bonchev–Trinajstić information content (AvgIpc) is 3.02. The van der Waals surface area contributed by atoms with Crippen LogP contribution in [0, 0.1) is 12.8 Å². The van der Waals surface area contributed by atoms with Crippen LogP contribution in [-0.4, -0.2) is 47.4 Å². The normalized spacial score (nSPS) is 17.1. The second-order valence-corrected chi connectivity index (χ2v) is 5.93. The molecule has 1 atom stereocenters. The van der Waals surface area contributed by atoms with Crippen LogP contribution in [0.4, 0.5) is 0 Å². The van der Waals surface area contributed by atoms with E-state index in [0.717, 1.165) is 5.56 Å². The van der Waals surface area contributed by atoms with E-state index in [0.29, 0.717) is 25.8 Å². The van der Waals surface area contributed by atoms with Crippen molar-refractivity contribution >= 4 is 17.8 Å². The van der Waals surface area contributed by atoms with E-state index in [1.807, 2.05) is 31.2 Å². The molecular formula is C17H22N2O4. The fraction of sp³-hybridized carbons (Fsp3) is 0.471. The molecule has 0 bridgehead atoms. The van der Waals surface area contributed by atoms with Gasteiger partial charge in [0, 0.05) is 19.5 Å². The molecule has 2 amide bonds. The van der Waals surface area contributed by atoms with Crippen molar-refractivity contribution in [1.29, 1.82) is 0 Å². The highest BCUT2D eigenvalue weighted by Gasteiger charge is 2.30. The summed E-state index contributed by atoms with van der Waals surface area (Å²) in [7, 11) is 0. The molecule has 124 valence electrons. The molecule has 0 aliphatic carbocycles. The number of carboxylic acid groups (broad SMARTS) is 1. The van der Waals surface area contributed by atoms with E-state index in [2.05, 4.69) is 5.32 Å². The van der Waals surface area contributed by atoms with Gasteiger partial charge in [-0.2, -0.15) is 0 Å².